The SMILES string of the molecule is CCCCC#C/C=C\C#Cc1ccccc1C#N. The lowest BCUT2D eigenvalue weighted by atomic mass is 10.1. The smallest absolute Gasteiger partial charge is 0.100 e. The van der Waals surface area contributed by atoms with E-state index in [4.69, 9.17) is 5.26 Å². The van der Waals surface area contributed by atoms with Gasteiger partial charge in [0.15, 0.2) is 0 Å². The third-order valence-electron chi connectivity index (χ3n) is 2.26. The maximum atomic E-state index is 8.88. The second kappa shape index (κ2) is 8.69. The predicted molar refractivity (Wildman–Crippen MR) is 74.5 cm³/mol. The van der Waals surface area contributed by atoms with Gasteiger partial charge in [-0.15, -0.1) is 0 Å². The summed E-state index contributed by atoms with van der Waals surface area (Å²) < 4.78 is 0. The Balaban J connectivity index is 2.58. The van der Waals surface area contributed by atoms with Crippen LogP contribution in [0, 0.1) is 35.0 Å². The second-order valence-corrected chi connectivity index (χ2v) is 3.68. The normalized spacial score (nSPS) is 8.89. The van der Waals surface area contributed by atoms with Crippen molar-refractivity contribution in [3.63, 3.8) is 0 Å². The summed E-state index contributed by atoms with van der Waals surface area (Å²) in [6.07, 6.45) is 6.71. The largest absolute Gasteiger partial charge is 0.192 e. The van der Waals surface area contributed by atoms with E-state index in [1.54, 1.807) is 18.2 Å². The van der Waals surface area contributed by atoms with Crippen molar-refractivity contribution in [2.75, 3.05) is 0 Å². The summed E-state index contributed by atoms with van der Waals surface area (Å²) in [6, 6.07) is 9.42. The Labute approximate surface area is 109 Å². The number of unbranched alkanes of at least 4 members (excludes halogenated alkanes) is 2. The van der Waals surface area contributed by atoms with E-state index in [1.807, 2.05) is 18.2 Å². The lowest BCUT2D eigenvalue weighted by Gasteiger charge is -1.91. The number of rotatable bonds is 2. The maximum Gasteiger partial charge on any atom is 0.100 e. The molecule has 1 heteroatoms. The molecule has 88 valence electrons. The highest BCUT2D eigenvalue weighted by Crippen LogP contribution is 2.04. The fourth-order valence-corrected chi connectivity index (χ4v) is 1.29. The van der Waals surface area contributed by atoms with Crippen molar-refractivity contribution in [1.82, 2.24) is 0 Å². The van der Waals surface area contributed by atoms with Gasteiger partial charge in [-0.05, 0) is 30.7 Å². The average molecular weight is 233 g/mol. The topological polar surface area (TPSA) is 23.8 Å². The Morgan fingerprint density at radius 2 is 1.83 bits per heavy atom. The fraction of sp³-hybridized carbons (Fsp3) is 0.235. The van der Waals surface area contributed by atoms with Gasteiger partial charge in [0.1, 0.15) is 6.07 Å². The molecule has 0 bridgehead atoms. The Morgan fingerprint density at radius 1 is 1.11 bits per heavy atom. The van der Waals surface area contributed by atoms with Gasteiger partial charge in [-0.2, -0.15) is 5.26 Å². The highest BCUT2D eigenvalue weighted by atomic mass is 14.2. The summed E-state index contributed by atoms with van der Waals surface area (Å²) in [7, 11) is 0. The number of allylic oxidation sites excluding steroid dienone is 2. The molecule has 1 rings (SSSR count). The molecule has 0 aliphatic rings. The quantitative estimate of drug-likeness (QED) is 0.565. The van der Waals surface area contributed by atoms with Crippen molar-refractivity contribution in [3.8, 4) is 29.8 Å². The molecule has 0 amide bonds. The molecule has 0 saturated carbocycles. The summed E-state index contributed by atoms with van der Waals surface area (Å²) in [6.45, 7) is 2.15. The minimum atomic E-state index is 0.604. The molecule has 1 aromatic rings. The first-order valence-corrected chi connectivity index (χ1v) is 6.02. The van der Waals surface area contributed by atoms with Gasteiger partial charge in [-0.1, -0.05) is 49.2 Å². The predicted octanol–water partition coefficient (Wildman–Crippen LogP) is 3.66. The summed E-state index contributed by atoms with van der Waals surface area (Å²) in [4.78, 5) is 0. The summed E-state index contributed by atoms with van der Waals surface area (Å²) in [5, 5.41) is 8.88. The first-order valence-electron chi connectivity index (χ1n) is 6.02. The number of hydrogen-bond acceptors (Lipinski definition) is 1. The third kappa shape index (κ3) is 5.07. The van der Waals surface area contributed by atoms with Crippen LogP contribution in [0.15, 0.2) is 36.4 Å². The van der Waals surface area contributed by atoms with Crippen molar-refractivity contribution in [3.05, 3.63) is 47.5 Å². The molecule has 0 atom stereocenters. The van der Waals surface area contributed by atoms with Crippen LogP contribution in [0.2, 0.25) is 0 Å². The molecule has 0 aliphatic carbocycles. The summed E-state index contributed by atoms with van der Waals surface area (Å²) in [5.41, 5.74) is 1.36. The van der Waals surface area contributed by atoms with Gasteiger partial charge in [-0.25, -0.2) is 0 Å². The highest BCUT2D eigenvalue weighted by Gasteiger charge is 1.94. The van der Waals surface area contributed by atoms with E-state index < -0.39 is 0 Å². The van der Waals surface area contributed by atoms with Crippen LogP contribution in [0.25, 0.3) is 0 Å². The fourth-order valence-electron chi connectivity index (χ4n) is 1.29. The molecule has 0 N–H and O–H groups in total. The molecular formula is C17H15N. The van der Waals surface area contributed by atoms with Gasteiger partial charge in [0.25, 0.3) is 0 Å². The van der Waals surface area contributed by atoms with E-state index >= 15 is 0 Å². The summed E-state index contributed by atoms with van der Waals surface area (Å²) in [5.74, 6) is 11.8. The summed E-state index contributed by atoms with van der Waals surface area (Å²) >= 11 is 0. The zero-order chi connectivity index (χ0) is 13.1. The van der Waals surface area contributed by atoms with Crippen molar-refractivity contribution >= 4 is 0 Å². The zero-order valence-corrected chi connectivity index (χ0v) is 10.5. The number of nitrogens with zero attached hydrogens (tertiary/aromatic N) is 1. The van der Waals surface area contributed by atoms with Crippen molar-refractivity contribution in [2.24, 2.45) is 0 Å². The Hall–Kier alpha value is -2.43. The third-order valence-corrected chi connectivity index (χ3v) is 2.26. The molecular weight excluding hydrogens is 218 g/mol. The first kappa shape index (κ1) is 13.6. The molecule has 0 saturated heterocycles. The van der Waals surface area contributed by atoms with E-state index in [9.17, 15) is 0 Å². The van der Waals surface area contributed by atoms with Crippen molar-refractivity contribution in [2.45, 2.75) is 26.2 Å². The van der Waals surface area contributed by atoms with Gasteiger partial charge < -0.3 is 0 Å². The van der Waals surface area contributed by atoms with E-state index in [0.717, 1.165) is 18.4 Å². The minimum absolute atomic E-state index is 0.604. The Morgan fingerprint density at radius 3 is 2.56 bits per heavy atom. The minimum Gasteiger partial charge on any atom is -0.192 e. The molecule has 0 unspecified atom stereocenters. The molecule has 0 aliphatic heterocycles. The van der Waals surface area contributed by atoms with Gasteiger partial charge >= 0.3 is 0 Å². The average Bonchev–Trinajstić information content (AvgIpc) is 2.42. The first-order chi connectivity index (χ1) is 8.88. The lowest BCUT2D eigenvalue weighted by molar-refractivity contribution is 0.828. The van der Waals surface area contributed by atoms with Gasteiger partial charge in [-0.3, -0.25) is 0 Å². The molecule has 0 aromatic heterocycles. The number of nitriles is 1. The molecule has 0 spiro atoms. The van der Waals surface area contributed by atoms with E-state index in [1.165, 1.54) is 6.42 Å². The van der Waals surface area contributed by atoms with Gasteiger partial charge in [0.05, 0.1) is 5.56 Å². The monoisotopic (exact) mass is 233 g/mol. The Kier molecular flexibility index (Phi) is 6.58. The van der Waals surface area contributed by atoms with Crippen LogP contribution < -0.4 is 0 Å². The van der Waals surface area contributed by atoms with Crippen LogP contribution in [-0.4, -0.2) is 0 Å². The van der Waals surface area contributed by atoms with E-state index in [-0.39, 0.29) is 0 Å². The van der Waals surface area contributed by atoms with E-state index in [2.05, 4.69) is 36.7 Å². The molecule has 1 nitrogen and oxygen atoms in total. The van der Waals surface area contributed by atoms with Gasteiger partial charge in [0, 0.05) is 12.0 Å². The van der Waals surface area contributed by atoms with Crippen LogP contribution in [0.1, 0.15) is 37.3 Å². The van der Waals surface area contributed by atoms with Crippen LogP contribution in [-0.2, 0) is 0 Å². The van der Waals surface area contributed by atoms with Crippen molar-refractivity contribution in [1.29, 1.82) is 5.26 Å². The van der Waals surface area contributed by atoms with Crippen LogP contribution >= 0.6 is 0 Å². The lowest BCUT2D eigenvalue weighted by Crippen LogP contribution is -1.80. The van der Waals surface area contributed by atoms with Crippen LogP contribution in [0.3, 0.4) is 0 Å². The van der Waals surface area contributed by atoms with E-state index in [0.29, 0.717) is 5.56 Å². The maximum absolute atomic E-state index is 8.88. The zero-order valence-electron chi connectivity index (χ0n) is 10.5. The highest BCUT2D eigenvalue weighted by molar-refractivity contribution is 5.48. The molecule has 18 heavy (non-hydrogen) atoms. The van der Waals surface area contributed by atoms with Crippen molar-refractivity contribution < 1.29 is 0 Å². The van der Waals surface area contributed by atoms with Gasteiger partial charge in [0.2, 0.25) is 0 Å². The molecule has 0 radical (unpaired) electrons. The number of hydrogen-bond donors (Lipinski definition) is 0. The molecule has 0 fully saturated rings. The second-order valence-electron chi connectivity index (χ2n) is 3.68. The number of benzene rings is 1. The molecule has 0 heterocycles. The van der Waals surface area contributed by atoms with Crippen LogP contribution in [0.5, 0.6) is 0 Å². The standard InChI is InChI=1S/C17H15N/c1-2-3-4-5-6-7-8-9-12-16-13-10-11-14-17(16)15-18/h7-8,10-11,13-14H,2-4H2,1H3/b8-7-. The van der Waals surface area contributed by atoms with Crippen LogP contribution in [0.4, 0.5) is 0 Å². The molecule has 1 aromatic carbocycles. The Bertz CT molecular complexity index is 565.